The van der Waals surface area contributed by atoms with Crippen LogP contribution in [0.4, 0.5) is 0 Å². The number of hydrogen-bond donors (Lipinski definition) is 1. The van der Waals surface area contributed by atoms with Gasteiger partial charge < -0.3 is 5.11 Å². The maximum atomic E-state index is 10.7. The fourth-order valence-corrected chi connectivity index (χ4v) is 2.87. The fourth-order valence-electron chi connectivity index (χ4n) is 2.87. The molecule has 2 saturated heterocycles. The highest BCUT2D eigenvalue weighted by Gasteiger charge is 2.48. The average Bonchev–Trinajstić information content (AvgIpc) is 2.52. The number of rotatable bonds is 1. The summed E-state index contributed by atoms with van der Waals surface area (Å²) in [5.41, 5.74) is -0.0236. The van der Waals surface area contributed by atoms with Gasteiger partial charge in [0.1, 0.15) is 5.60 Å². The lowest BCUT2D eigenvalue weighted by atomic mass is 9.84. The predicted octanol–water partition coefficient (Wildman–Crippen LogP) is 0.390. The molecule has 80 valence electrons. The van der Waals surface area contributed by atoms with Gasteiger partial charge in [0, 0.05) is 31.4 Å². The molecule has 4 nitrogen and oxygen atoms in total. The number of aromatic nitrogens is 2. The van der Waals surface area contributed by atoms with Crippen molar-refractivity contribution in [1.82, 2.24) is 14.9 Å². The van der Waals surface area contributed by atoms with Gasteiger partial charge in [-0.2, -0.15) is 0 Å². The number of aliphatic hydroxyl groups is 1. The Balaban J connectivity index is 1.97. The molecular formula is C11H15N3O. The third-order valence-corrected chi connectivity index (χ3v) is 3.65. The van der Waals surface area contributed by atoms with Crippen LogP contribution in [0.1, 0.15) is 18.5 Å². The molecule has 0 radical (unpaired) electrons. The highest BCUT2D eigenvalue weighted by molar-refractivity contribution is 5.15. The second-order valence-electron chi connectivity index (χ2n) is 4.59. The zero-order valence-corrected chi connectivity index (χ0v) is 8.63. The van der Waals surface area contributed by atoms with Crippen molar-refractivity contribution in [3.8, 4) is 0 Å². The van der Waals surface area contributed by atoms with Crippen molar-refractivity contribution in [3.05, 3.63) is 24.3 Å². The molecule has 3 rings (SSSR count). The molecule has 0 saturated carbocycles. The Morgan fingerprint density at radius 1 is 1.47 bits per heavy atom. The molecule has 2 fully saturated rings. The van der Waals surface area contributed by atoms with Crippen LogP contribution in [0.5, 0.6) is 0 Å². The molecule has 2 bridgehead atoms. The van der Waals surface area contributed by atoms with Gasteiger partial charge in [0.2, 0.25) is 0 Å². The molecular weight excluding hydrogens is 190 g/mol. The molecule has 1 N–H and O–H groups in total. The van der Waals surface area contributed by atoms with Crippen LogP contribution in [-0.4, -0.2) is 39.6 Å². The molecule has 4 heteroatoms. The first-order valence-electron chi connectivity index (χ1n) is 5.50. The highest BCUT2D eigenvalue weighted by atomic mass is 16.3. The van der Waals surface area contributed by atoms with E-state index >= 15 is 0 Å². The van der Waals surface area contributed by atoms with E-state index in [4.69, 9.17) is 0 Å². The lowest BCUT2D eigenvalue weighted by molar-refractivity contribution is 0.00544. The van der Waals surface area contributed by atoms with Gasteiger partial charge >= 0.3 is 0 Å². The van der Waals surface area contributed by atoms with Crippen LogP contribution in [0.3, 0.4) is 0 Å². The number of piperidine rings is 1. The molecule has 0 spiro atoms. The van der Waals surface area contributed by atoms with Crippen LogP contribution in [-0.2, 0) is 5.60 Å². The second-order valence-corrected chi connectivity index (χ2v) is 4.59. The summed E-state index contributed by atoms with van der Waals surface area (Å²) in [6.07, 6.45) is 7.29. The summed E-state index contributed by atoms with van der Waals surface area (Å²) >= 11 is 0. The van der Waals surface area contributed by atoms with Crippen LogP contribution in [0.15, 0.2) is 18.6 Å². The summed E-state index contributed by atoms with van der Waals surface area (Å²) < 4.78 is 0. The molecule has 0 amide bonds. The van der Waals surface area contributed by atoms with Crippen LogP contribution in [0.25, 0.3) is 0 Å². The van der Waals surface area contributed by atoms with Crippen LogP contribution < -0.4 is 0 Å². The summed E-state index contributed by atoms with van der Waals surface area (Å²) in [4.78, 5) is 10.6. The van der Waals surface area contributed by atoms with E-state index in [2.05, 4.69) is 14.9 Å². The summed E-state index contributed by atoms with van der Waals surface area (Å²) in [6, 6.07) is 0. The number of nitrogens with zero attached hydrogens (tertiary/aromatic N) is 3. The monoisotopic (exact) mass is 205 g/mol. The van der Waals surface area contributed by atoms with Crippen molar-refractivity contribution in [1.29, 1.82) is 0 Å². The maximum absolute atomic E-state index is 10.7. The zero-order valence-electron chi connectivity index (χ0n) is 8.63. The van der Waals surface area contributed by atoms with Crippen molar-refractivity contribution in [2.45, 2.75) is 18.4 Å². The Morgan fingerprint density at radius 3 is 3.13 bits per heavy atom. The minimum atomic E-state index is -0.759. The summed E-state index contributed by atoms with van der Waals surface area (Å²) in [5, 5.41) is 10.7. The molecule has 0 aliphatic carbocycles. The third-order valence-electron chi connectivity index (χ3n) is 3.65. The third kappa shape index (κ3) is 1.36. The summed E-state index contributed by atoms with van der Waals surface area (Å²) in [6.45, 7) is 2.84. The minimum Gasteiger partial charge on any atom is -0.382 e. The van der Waals surface area contributed by atoms with Crippen molar-refractivity contribution in [2.24, 2.45) is 5.92 Å². The molecule has 3 heterocycles. The lowest BCUT2D eigenvalue weighted by Gasteiger charge is -2.27. The standard InChI is InChI=1S/C11H15N3O/c15-11(10-6-12-3-4-13-10)8-14-5-1-2-9(11)7-14/h3-4,6,9,15H,1-2,5,7-8H2/t9-,11+/m0/s1. The first-order chi connectivity index (χ1) is 7.29. The van der Waals surface area contributed by atoms with E-state index < -0.39 is 5.60 Å². The molecule has 2 aliphatic heterocycles. The van der Waals surface area contributed by atoms with E-state index in [9.17, 15) is 5.11 Å². The van der Waals surface area contributed by atoms with E-state index in [0.717, 1.165) is 31.7 Å². The van der Waals surface area contributed by atoms with Gasteiger partial charge in [0.15, 0.2) is 0 Å². The Labute approximate surface area is 89.0 Å². The van der Waals surface area contributed by atoms with E-state index in [0.29, 0.717) is 5.92 Å². The van der Waals surface area contributed by atoms with Crippen molar-refractivity contribution >= 4 is 0 Å². The maximum Gasteiger partial charge on any atom is 0.125 e. The van der Waals surface area contributed by atoms with Crippen molar-refractivity contribution < 1.29 is 5.11 Å². The van der Waals surface area contributed by atoms with Crippen LogP contribution in [0.2, 0.25) is 0 Å². The molecule has 1 aromatic rings. The van der Waals surface area contributed by atoms with Gasteiger partial charge in [0.05, 0.1) is 11.9 Å². The zero-order chi connectivity index (χ0) is 10.3. The van der Waals surface area contributed by atoms with Gasteiger partial charge in [-0.1, -0.05) is 0 Å². The lowest BCUT2D eigenvalue weighted by Crippen LogP contribution is -2.35. The smallest absolute Gasteiger partial charge is 0.125 e. The largest absolute Gasteiger partial charge is 0.382 e. The van der Waals surface area contributed by atoms with E-state index in [1.807, 2.05) is 0 Å². The molecule has 3 atom stereocenters. The first kappa shape index (κ1) is 9.24. The Morgan fingerprint density at radius 2 is 2.40 bits per heavy atom. The average molecular weight is 205 g/mol. The van der Waals surface area contributed by atoms with E-state index in [1.54, 1.807) is 18.6 Å². The van der Waals surface area contributed by atoms with Crippen molar-refractivity contribution in [2.75, 3.05) is 19.6 Å². The summed E-state index contributed by atoms with van der Waals surface area (Å²) in [7, 11) is 0. The second kappa shape index (κ2) is 3.25. The minimum absolute atomic E-state index is 0.336. The number of hydrogen-bond acceptors (Lipinski definition) is 4. The Kier molecular flexibility index (Phi) is 2.00. The van der Waals surface area contributed by atoms with E-state index in [1.165, 1.54) is 6.42 Å². The number of fused-ring (bicyclic) bond motifs is 2. The molecule has 2 aliphatic rings. The Bertz CT molecular complexity index is 356. The first-order valence-corrected chi connectivity index (χ1v) is 5.50. The fraction of sp³-hybridized carbons (Fsp3) is 0.636. The normalized spacial score (nSPS) is 39.3. The highest BCUT2D eigenvalue weighted by Crippen LogP contribution is 2.40. The summed E-state index contributed by atoms with van der Waals surface area (Å²) in [5.74, 6) is 0.336. The van der Waals surface area contributed by atoms with Gasteiger partial charge in [-0.3, -0.25) is 14.9 Å². The SMILES string of the molecule is O[C@]1(c2cnccn2)CN2CCC[C@H]1C2. The van der Waals surface area contributed by atoms with Crippen molar-refractivity contribution in [3.63, 3.8) is 0 Å². The quantitative estimate of drug-likeness (QED) is 0.720. The molecule has 0 aromatic carbocycles. The van der Waals surface area contributed by atoms with Crippen LogP contribution in [0, 0.1) is 5.92 Å². The molecule has 1 unspecified atom stereocenters. The Hall–Kier alpha value is -1.00. The van der Waals surface area contributed by atoms with Gasteiger partial charge in [0.25, 0.3) is 0 Å². The predicted molar refractivity (Wildman–Crippen MR) is 55.1 cm³/mol. The van der Waals surface area contributed by atoms with Gasteiger partial charge in [-0.25, -0.2) is 0 Å². The topological polar surface area (TPSA) is 49.3 Å². The van der Waals surface area contributed by atoms with Gasteiger partial charge in [-0.15, -0.1) is 0 Å². The molecule has 15 heavy (non-hydrogen) atoms. The molecule has 1 aromatic heterocycles. The van der Waals surface area contributed by atoms with Gasteiger partial charge in [-0.05, 0) is 19.4 Å². The van der Waals surface area contributed by atoms with Crippen LogP contribution >= 0.6 is 0 Å². The van der Waals surface area contributed by atoms with E-state index in [-0.39, 0.29) is 0 Å².